The summed E-state index contributed by atoms with van der Waals surface area (Å²) in [4.78, 5) is 14.1. The zero-order valence-corrected chi connectivity index (χ0v) is 11.7. The van der Waals surface area contributed by atoms with Gasteiger partial charge in [-0.25, -0.2) is 4.79 Å². The summed E-state index contributed by atoms with van der Waals surface area (Å²) in [6, 6.07) is 0.761. The Labute approximate surface area is 109 Å². The number of fused-ring (bicyclic) bond motifs is 2. The first-order valence-corrected chi connectivity index (χ1v) is 6.67. The molecule has 2 heterocycles. The van der Waals surface area contributed by atoms with Crippen LogP contribution in [0.5, 0.6) is 0 Å². The zero-order chi connectivity index (χ0) is 13.3. The van der Waals surface area contributed by atoms with Crippen LogP contribution in [0.2, 0.25) is 0 Å². The molecule has 5 nitrogen and oxygen atoms in total. The van der Waals surface area contributed by atoms with E-state index >= 15 is 0 Å². The van der Waals surface area contributed by atoms with Gasteiger partial charge in [0.25, 0.3) is 0 Å². The molecule has 0 aromatic carbocycles. The molecule has 2 aliphatic heterocycles. The SMILES string of the molecule is CNC1CC2COCC(C1)N2C(=O)OC(C)(C)C. The maximum atomic E-state index is 12.3. The van der Waals surface area contributed by atoms with Crippen LogP contribution in [-0.4, -0.2) is 55.0 Å². The van der Waals surface area contributed by atoms with Gasteiger partial charge >= 0.3 is 6.09 Å². The molecule has 0 spiro atoms. The second-order valence-electron chi connectivity index (χ2n) is 6.19. The number of rotatable bonds is 1. The van der Waals surface area contributed by atoms with Crippen molar-refractivity contribution in [1.82, 2.24) is 10.2 Å². The minimum Gasteiger partial charge on any atom is -0.444 e. The molecule has 5 heteroatoms. The number of nitrogens with one attached hydrogen (secondary N) is 1. The Bertz CT molecular complexity index is 300. The van der Waals surface area contributed by atoms with Crippen molar-refractivity contribution in [2.45, 2.75) is 57.3 Å². The summed E-state index contributed by atoms with van der Waals surface area (Å²) in [5.74, 6) is 0. The van der Waals surface area contributed by atoms with E-state index in [-0.39, 0.29) is 18.2 Å². The maximum Gasteiger partial charge on any atom is 0.410 e. The lowest BCUT2D eigenvalue weighted by Gasteiger charge is -2.48. The molecule has 0 aromatic heterocycles. The first-order chi connectivity index (χ1) is 8.40. The lowest BCUT2D eigenvalue weighted by atomic mass is 9.90. The van der Waals surface area contributed by atoms with Crippen molar-refractivity contribution in [1.29, 1.82) is 0 Å². The molecule has 2 rings (SSSR count). The fourth-order valence-corrected chi connectivity index (χ4v) is 2.76. The minimum atomic E-state index is -0.438. The summed E-state index contributed by atoms with van der Waals surface area (Å²) >= 11 is 0. The Morgan fingerprint density at radius 3 is 2.28 bits per heavy atom. The van der Waals surface area contributed by atoms with E-state index in [4.69, 9.17) is 9.47 Å². The van der Waals surface area contributed by atoms with E-state index in [1.807, 2.05) is 32.7 Å². The molecule has 1 N–H and O–H groups in total. The van der Waals surface area contributed by atoms with Crippen molar-refractivity contribution in [2.24, 2.45) is 0 Å². The molecule has 0 saturated carbocycles. The number of morpholine rings is 1. The van der Waals surface area contributed by atoms with Crippen molar-refractivity contribution in [3.05, 3.63) is 0 Å². The molecule has 2 aliphatic rings. The Morgan fingerprint density at radius 2 is 1.83 bits per heavy atom. The highest BCUT2D eigenvalue weighted by atomic mass is 16.6. The normalized spacial score (nSPS) is 32.2. The highest BCUT2D eigenvalue weighted by Gasteiger charge is 2.42. The van der Waals surface area contributed by atoms with Gasteiger partial charge in [0.05, 0.1) is 25.3 Å². The Morgan fingerprint density at radius 1 is 1.28 bits per heavy atom. The number of hydrogen-bond acceptors (Lipinski definition) is 4. The van der Waals surface area contributed by atoms with Gasteiger partial charge < -0.3 is 14.8 Å². The third-order valence-electron chi connectivity index (χ3n) is 3.53. The monoisotopic (exact) mass is 256 g/mol. The van der Waals surface area contributed by atoms with Crippen LogP contribution in [0.1, 0.15) is 33.6 Å². The van der Waals surface area contributed by atoms with Gasteiger partial charge in [0.15, 0.2) is 0 Å². The minimum absolute atomic E-state index is 0.143. The molecule has 104 valence electrons. The Balaban J connectivity index is 2.06. The van der Waals surface area contributed by atoms with Crippen LogP contribution in [0.25, 0.3) is 0 Å². The van der Waals surface area contributed by atoms with Crippen LogP contribution in [0.3, 0.4) is 0 Å². The number of nitrogens with zero attached hydrogens (tertiary/aromatic N) is 1. The summed E-state index contributed by atoms with van der Waals surface area (Å²) in [7, 11) is 1.98. The second-order valence-corrected chi connectivity index (χ2v) is 6.19. The second kappa shape index (κ2) is 5.05. The summed E-state index contributed by atoms with van der Waals surface area (Å²) in [5.41, 5.74) is -0.438. The molecule has 0 aromatic rings. The molecule has 2 saturated heterocycles. The van der Waals surface area contributed by atoms with Gasteiger partial charge in [0.2, 0.25) is 0 Å². The molecule has 2 bridgehead atoms. The molecule has 18 heavy (non-hydrogen) atoms. The van der Waals surface area contributed by atoms with Crippen molar-refractivity contribution >= 4 is 6.09 Å². The van der Waals surface area contributed by atoms with Gasteiger partial charge in [0.1, 0.15) is 5.60 Å². The van der Waals surface area contributed by atoms with E-state index in [1.165, 1.54) is 0 Å². The van der Waals surface area contributed by atoms with Gasteiger partial charge in [0, 0.05) is 6.04 Å². The Kier molecular flexibility index (Phi) is 3.82. The summed E-state index contributed by atoms with van der Waals surface area (Å²) in [6.07, 6.45) is 1.67. The fraction of sp³-hybridized carbons (Fsp3) is 0.923. The standard InChI is InChI=1S/C13H24N2O3/c1-13(2,3)18-12(16)15-10-5-9(14-4)6-11(15)8-17-7-10/h9-11,14H,5-8H2,1-4H3. The largest absolute Gasteiger partial charge is 0.444 e. The first-order valence-electron chi connectivity index (χ1n) is 6.67. The van der Waals surface area contributed by atoms with Crippen LogP contribution in [0.4, 0.5) is 4.79 Å². The third kappa shape index (κ3) is 2.95. The van der Waals surface area contributed by atoms with Crippen LogP contribution in [0.15, 0.2) is 0 Å². The molecular weight excluding hydrogens is 232 g/mol. The summed E-state index contributed by atoms with van der Waals surface area (Å²) in [6.45, 7) is 6.94. The summed E-state index contributed by atoms with van der Waals surface area (Å²) in [5, 5.41) is 3.31. The highest BCUT2D eigenvalue weighted by Crippen LogP contribution is 2.29. The van der Waals surface area contributed by atoms with E-state index in [0.717, 1.165) is 12.8 Å². The molecule has 0 aliphatic carbocycles. The third-order valence-corrected chi connectivity index (χ3v) is 3.53. The van der Waals surface area contributed by atoms with E-state index in [2.05, 4.69) is 5.32 Å². The van der Waals surface area contributed by atoms with Gasteiger partial charge in [-0.15, -0.1) is 0 Å². The van der Waals surface area contributed by atoms with Gasteiger partial charge in [-0.2, -0.15) is 0 Å². The number of amides is 1. The number of carbonyl (C=O) groups is 1. The zero-order valence-electron chi connectivity index (χ0n) is 11.7. The van der Waals surface area contributed by atoms with Crippen LogP contribution < -0.4 is 5.32 Å². The lowest BCUT2D eigenvalue weighted by molar-refractivity contribution is -0.0838. The van der Waals surface area contributed by atoms with Crippen molar-refractivity contribution in [3.8, 4) is 0 Å². The van der Waals surface area contributed by atoms with Crippen LogP contribution >= 0.6 is 0 Å². The van der Waals surface area contributed by atoms with Gasteiger partial charge in [-0.05, 0) is 40.7 Å². The van der Waals surface area contributed by atoms with Gasteiger partial charge in [-0.1, -0.05) is 0 Å². The van der Waals surface area contributed by atoms with Gasteiger partial charge in [-0.3, -0.25) is 4.90 Å². The van der Waals surface area contributed by atoms with Crippen molar-refractivity contribution in [2.75, 3.05) is 20.3 Å². The van der Waals surface area contributed by atoms with E-state index in [1.54, 1.807) is 0 Å². The quantitative estimate of drug-likeness (QED) is 0.770. The molecule has 2 atom stereocenters. The lowest BCUT2D eigenvalue weighted by Crippen LogP contribution is -2.62. The van der Waals surface area contributed by atoms with E-state index in [9.17, 15) is 4.79 Å². The average Bonchev–Trinajstić information content (AvgIpc) is 2.24. The number of carbonyl (C=O) groups excluding carboxylic acids is 1. The first kappa shape index (κ1) is 13.6. The molecule has 0 radical (unpaired) electrons. The van der Waals surface area contributed by atoms with E-state index < -0.39 is 5.60 Å². The van der Waals surface area contributed by atoms with E-state index in [0.29, 0.717) is 19.3 Å². The molecule has 2 unspecified atom stereocenters. The number of piperidine rings is 1. The fourth-order valence-electron chi connectivity index (χ4n) is 2.76. The van der Waals surface area contributed by atoms with Crippen molar-refractivity contribution < 1.29 is 14.3 Å². The summed E-state index contributed by atoms with van der Waals surface area (Å²) < 4.78 is 11.1. The van der Waals surface area contributed by atoms with Crippen LogP contribution in [-0.2, 0) is 9.47 Å². The smallest absolute Gasteiger partial charge is 0.410 e. The van der Waals surface area contributed by atoms with Crippen LogP contribution in [0, 0.1) is 0 Å². The topological polar surface area (TPSA) is 50.8 Å². The number of ether oxygens (including phenoxy) is 2. The molecule has 1 amide bonds. The predicted octanol–water partition coefficient (Wildman–Crippen LogP) is 1.37. The predicted molar refractivity (Wildman–Crippen MR) is 68.5 cm³/mol. The molecular formula is C13H24N2O3. The number of hydrogen-bond donors (Lipinski definition) is 1. The average molecular weight is 256 g/mol. The molecule has 2 fully saturated rings. The van der Waals surface area contributed by atoms with Crippen molar-refractivity contribution in [3.63, 3.8) is 0 Å². The highest BCUT2D eigenvalue weighted by molar-refractivity contribution is 5.69. The maximum absolute atomic E-state index is 12.3. The Hall–Kier alpha value is -0.810.